The van der Waals surface area contributed by atoms with E-state index in [0.717, 1.165) is 35.7 Å². The fraction of sp³-hybridized carbons (Fsp3) is 0.625. The molecule has 0 aliphatic heterocycles. The van der Waals surface area contributed by atoms with Crippen LogP contribution in [0.25, 0.3) is 0 Å². The minimum Gasteiger partial charge on any atom is -0.307 e. The Hall–Kier alpha value is -0.590. The number of nitrogens with one attached hydrogen (secondary N) is 1. The van der Waals surface area contributed by atoms with Gasteiger partial charge in [0.1, 0.15) is 10.7 Å². The van der Waals surface area contributed by atoms with E-state index in [4.69, 9.17) is 0 Å². The average molecular weight is 346 g/mol. The molecule has 0 saturated heterocycles. The van der Waals surface area contributed by atoms with Crippen molar-refractivity contribution in [2.45, 2.75) is 55.3 Å². The van der Waals surface area contributed by atoms with Gasteiger partial charge in [0.15, 0.2) is 9.84 Å². The Morgan fingerprint density at radius 1 is 1.41 bits per heavy atom. The average Bonchev–Trinajstić information content (AvgIpc) is 2.85. The van der Waals surface area contributed by atoms with Crippen LogP contribution in [-0.2, 0) is 9.84 Å². The third-order valence-electron chi connectivity index (χ3n) is 4.13. The Labute approximate surface area is 137 Å². The molecule has 1 aromatic carbocycles. The Bertz CT molecular complexity index is 619. The monoisotopic (exact) mass is 345 g/mol. The van der Waals surface area contributed by atoms with E-state index in [2.05, 4.69) is 12.2 Å². The number of hydrogen-bond acceptors (Lipinski definition) is 4. The zero-order valence-corrected chi connectivity index (χ0v) is 14.9. The first-order chi connectivity index (χ1) is 10.3. The first kappa shape index (κ1) is 17.8. The standard InChI is InChI=1S/C16H24FNO2S2/c1-4-21-14-7-6-13(10-14)18-11(2)12-5-8-16(15(17)9-12)22(3,19)20/h5,8-9,11,13-14,18H,4,6-7,10H2,1-3H3/t11-,13+,14-/m1/s1. The van der Waals surface area contributed by atoms with Gasteiger partial charge in [0.25, 0.3) is 0 Å². The number of thioether (sulfide) groups is 1. The van der Waals surface area contributed by atoms with Crippen molar-refractivity contribution in [1.82, 2.24) is 5.32 Å². The van der Waals surface area contributed by atoms with Crippen LogP contribution in [-0.4, -0.2) is 31.7 Å². The highest BCUT2D eigenvalue weighted by Crippen LogP contribution is 2.31. The second kappa shape index (κ2) is 7.32. The highest BCUT2D eigenvalue weighted by molar-refractivity contribution is 7.99. The molecule has 3 atom stereocenters. The van der Waals surface area contributed by atoms with E-state index in [0.29, 0.717) is 6.04 Å². The summed E-state index contributed by atoms with van der Waals surface area (Å²) in [5.74, 6) is 0.477. The summed E-state index contributed by atoms with van der Waals surface area (Å²) in [5.41, 5.74) is 0.788. The summed E-state index contributed by atoms with van der Waals surface area (Å²) in [6.07, 6.45) is 4.54. The minimum absolute atomic E-state index is 0.0125. The van der Waals surface area contributed by atoms with Gasteiger partial charge in [-0.05, 0) is 49.6 Å². The highest BCUT2D eigenvalue weighted by atomic mass is 32.2. The quantitative estimate of drug-likeness (QED) is 0.856. The molecule has 1 N–H and O–H groups in total. The molecule has 1 aliphatic rings. The first-order valence-corrected chi connectivity index (χ1v) is 10.6. The number of halogens is 1. The molecule has 6 heteroatoms. The van der Waals surface area contributed by atoms with Crippen LogP contribution in [0.1, 0.15) is 44.7 Å². The van der Waals surface area contributed by atoms with Gasteiger partial charge in [-0.1, -0.05) is 13.0 Å². The second-order valence-electron chi connectivity index (χ2n) is 5.94. The molecular formula is C16H24FNO2S2. The largest absolute Gasteiger partial charge is 0.307 e. The van der Waals surface area contributed by atoms with Crippen molar-refractivity contribution in [2.75, 3.05) is 12.0 Å². The Morgan fingerprint density at radius 3 is 2.73 bits per heavy atom. The summed E-state index contributed by atoms with van der Waals surface area (Å²) in [6.45, 7) is 4.18. The fourth-order valence-electron chi connectivity index (χ4n) is 3.02. The highest BCUT2D eigenvalue weighted by Gasteiger charge is 2.26. The molecule has 0 unspecified atom stereocenters. The molecule has 0 radical (unpaired) electrons. The smallest absolute Gasteiger partial charge is 0.178 e. The maximum absolute atomic E-state index is 14.0. The minimum atomic E-state index is -3.51. The van der Waals surface area contributed by atoms with Gasteiger partial charge >= 0.3 is 0 Å². The zero-order chi connectivity index (χ0) is 16.3. The van der Waals surface area contributed by atoms with Gasteiger partial charge < -0.3 is 5.32 Å². The number of hydrogen-bond donors (Lipinski definition) is 1. The summed E-state index contributed by atoms with van der Waals surface area (Å²) >= 11 is 2.01. The summed E-state index contributed by atoms with van der Waals surface area (Å²) in [4.78, 5) is -0.233. The van der Waals surface area contributed by atoms with Crippen LogP contribution in [0.3, 0.4) is 0 Å². The SMILES string of the molecule is CCS[C@@H]1CC[C@H](N[C@H](C)c2ccc(S(C)(=O)=O)c(F)c2)C1. The van der Waals surface area contributed by atoms with Crippen LogP contribution >= 0.6 is 11.8 Å². The molecule has 0 bridgehead atoms. The first-order valence-electron chi connectivity index (χ1n) is 7.68. The Balaban J connectivity index is 2.02. The summed E-state index contributed by atoms with van der Waals surface area (Å²) in [7, 11) is -3.51. The number of rotatable bonds is 6. The van der Waals surface area contributed by atoms with Crippen LogP contribution in [0.4, 0.5) is 4.39 Å². The molecule has 0 heterocycles. The molecule has 3 nitrogen and oxygen atoms in total. The molecular weight excluding hydrogens is 321 g/mol. The molecule has 1 fully saturated rings. The molecule has 0 amide bonds. The summed E-state index contributed by atoms with van der Waals surface area (Å²) in [5, 5.41) is 4.26. The van der Waals surface area contributed by atoms with Crippen LogP contribution in [0.5, 0.6) is 0 Å². The summed E-state index contributed by atoms with van der Waals surface area (Å²) in [6, 6.07) is 4.86. The van der Waals surface area contributed by atoms with E-state index >= 15 is 0 Å². The lowest BCUT2D eigenvalue weighted by atomic mass is 10.1. The van der Waals surface area contributed by atoms with Crippen molar-refractivity contribution < 1.29 is 12.8 Å². The molecule has 22 heavy (non-hydrogen) atoms. The fourth-order valence-corrected chi connectivity index (χ4v) is 4.89. The molecule has 1 saturated carbocycles. The number of benzene rings is 1. The third kappa shape index (κ3) is 4.46. The Kier molecular flexibility index (Phi) is 5.91. The normalized spacial score (nSPS) is 23.6. The van der Waals surface area contributed by atoms with Gasteiger partial charge in [-0.25, -0.2) is 12.8 Å². The Morgan fingerprint density at radius 2 is 2.14 bits per heavy atom. The third-order valence-corrected chi connectivity index (χ3v) is 6.49. The topological polar surface area (TPSA) is 46.2 Å². The van der Waals surface area contributed by atoms with Crippen molar-refractivity contribution in [3.63, 3.8) is 0 Å². The molecule has 2 rings (SSSR count). The molecule has 124 valence electrons. The lowest BCUT2D eigenvalue weighted by Gasteiger charge is -2.20. The molecule has 0 spiro atoms. The van der Waals surface area contributed by atoms with Crippen molar-refractivity contribution >= 4 is 21.6 Å². The van der Waals surface area contributed by atoms with Crippen LogP contribution in [0.15, 0.2) is 23.1 Å². The van der Waals surface area contributed by atoms with Crippen LogP contribution in [0, 0.1) is 5.82 Å². The van der Waals surface area contributed by atoms with Gasteiger partial charge in [-0.15, -0.1) is 0 Å². The maximum Gasteiger partial charge on any atom is 0.178 e. The zero-order valence-electron chi connectivity index (χ0n) is 13.3. The van der Waals surface area contributed by atoms with Gasteiger partial charge in [-0.2, -0.15) is 11.8 Å². The lowest BCUT2D eigenvalue weighted by molar-refractivity contribution is 0.459. The van der Waals surface area contributed by atoms with Crippen LogP contribution < -0.4 is 5.32 Å². The van der Waals surface area contributed by atoms with Gasteiger partial charge in [0.05, 0.1) is 0 Å². The summed E-state index contributed by atoms with van der Waals surface area (Å²) < 4.78 is 36.9. The predicted octanol–water partition coefficient (Wildman–Crippen LogP) is 3.55. The van der Waals surface area contributed by atoms with Crippen molar-refractivity contribution in [2.24, 2.45) is 0 Å². The van der Waals surface area contributed by atoms with Gasteiger partial charge in [-0.3, -0.25) is 0 Å². The van der Waals surface area contributed by atoms with E-state index in [1.807, 2.05) is 18.7 Å². The second-order valence-corrected chi connectivity index (χ2v) is 9.50. The lowest BCUT2D eigenvalue weighted by Crippen LogP contribution is -2.29. The van der Waals surface area contributed by atoms with E-state index in [1.54, 1.807) is 6.07 Å². The van der Waals surface area contributed by atoms with Crippen LogP contribution in [0.2, 0.25) is 0 Å². The van der Waals surface area contributed by atoms with Crippen molar-refractivity contribution in [3.8, 4) is 0 Å². The van der Waals surface area contributed by atoms with Gasteiger partial charge in [0.2, 0.25) is 0 Å². The number of sulfone groups is 1. The molecule has 1 aromatic rings. The van der Waals surface area contributed by atoms with E-state index in [1.165, 1.54) is 18.6 Å². The van der Waals surface area contributed by atoms with Crippen molar-refractivity contribution in [3.05, 3.63) is 29.6 Å². The predicted molar refractivity (Wildman–Crippen MR) is 90.6 cm³/mol. The van der Waals surface area contributed by atoms with E-state index < -0.39 is 15.7 Å². The van der Waals surface area contributed by atoms with Crippen molar-refractivity contribution in [1.29, 1.82) is 0 Å². The van der Waals surface area contributed by atoms with Gasteiger partial charge in [0, 0.05) is 23.6 Å². The van der Waals surface area contributed by atoms with E-state index in [9.17, 15) is 12.8 Å². The van der Waals surface area contributed by atoms with E-state index in [-0.39, 0.29) is 10.9 Å². The molecule has 0 aromatic heterocycles. The molecule has 1 aliphatic carbocycles. The maximum atomic E-state index is 14.0.